The Morgan fingerprint density at radius 2 is 1.67 bits per heavy atom. The predicted octanol–water partition coefficient (Wildman–Crippen LogP) is 2.90. The van der Waals surface area contributed by atoms with Gasteiger partial charge in [-0.25, -0.2) is 4.79 Å². The zero-order valence-electron chi connectivity index (χ0n) is 10.8. The fourth-order valence-corrected chi connectivity index (χ4v) is 1.86. The molecule has 0 atom stereocenters. The van der Waals surface area contributed by atoms with Crippen molar-refractivity contribution in [3.8, 4) is 11.5 Å². The van der Waals surface area contributed by atoms with Gasteiger partial charge in [0.15, 0.2) is 11.5 Å². The Morgan fingerprint density at radius 1 is 1.06 bits per heavy atom. The van der Waals surface area contributed by atoms with E-state index in [0.29, 0.717) is 30.3 Å². The molecule has 0 aliphatic carbocycles. The van der Waals surface area contributed by atoms with Crippen LogP contribution in [-0.2, 0) is 0 Å². The smallest absolute Gasteiger partial charge is 0.336 e. The summed E-state index contributed by atoms with van der Waals surface area (Å²) in [5.41, 5.74) is 1.03. The first-order valence-corrected chi connectivity index (χ1v) is 5.99. The molecule has 0 saturated carbocycles. The molecule has 2 aromatic rings. The number of ether oxygens (including phenoxy) is 2. The molecule has 0 saturated heterocycles. The molecule has 0 spiro atoms. The number of benzene rings is 1. The van der Waals surface area contributed by atoms with Gasteiger partial charge in [0.25, 0.3) is 0 Å². The van der Waals surface area contributed by atoms with Crippen LogP contribution in [0.25, 0.3) is 11.0 Å². The number of hydrogen-bond donors (Lipinski definition) is 0. The quantitative estimate of drug-likeness (QED) is 0.780. The van der Waals surface area contributed by atoms with E-state index in [1.807, 2.05) is 26.8 Å². The summed E-state index contributed by atoms with van der Waals surface area (Å²) in [6, 6.07) is 5.03. The highest BCUT2D eigenvalue weighted by atomic mass is 16.5. The van der Waals surface area contributed by atoms with E-state index in [1.54, 1.807) is 6.07 Å². The molecule has 0 bridgehead atoms. The van der Waals surface area contributed by atoms with Crippen LogP contribution in [0.4, 0.5) is 0 Å². The minimum atomic E-state index is -0.355. The summed E-state index contributed by atoms with van der Waals surface area (Å²) < 4.78 is 16.2. The number of hydrogen-bond acceptors (Lipinski definition) is 4. The van der Waals surface area contributed by atoms with E-state index in [1.165, 1.54) is 6.07 Å². The molecule has 2 rings (SSSR count). The zero-order valence-corrected chi connectivity index (χ0v) is 10.8. The van der Waals surface area contributed by atoms with E-state index in [4.69, 9.17) is 13.9 Å². The van der Waals surface area contributed by atoms with Crippen molar-refractivity contribution >= 4 is 11.0 Å². The first-order chi connectivity index (χ1) is 8.65. The second kappa shape index (κ2) is 5.12. The molecule has 1 heterocycles. The third-order valence-electron chi connectivity index (χ3n) is 2.62. The molecular weight excluding hydrogens is 232 g/mol. The molecule has 0 N–H and O–H groups in total. The minimum absolute atomic E-state index is 0.355. The highest BCUT2D eigenvalue weighted by molar-refractivity contribution is 5.83. The van der Waals surface area contributed by atoms with Gasteiger partial charge in [-0.05, 0) is 32.4 Å². The number of rotatable bonds is 4. The molecule has 4 nitrogen and oxygen atoms in total. The van der Waals surface area contributed by atoms with Gasteiger partial charge in [-0.15, -0.1) is 0 Å². The van der Waals surface area contributed by atoms with Gasteiger partial charge in [0, 0.05) is 17.5 Å². The second-order valence-electron chi connectivity index (χ2n) is 3.91. The van der Waals surface area contributed by atoms with E-state index in [-0.39, 0.29) is 5.63 Å². The van der Waals surface area contributed by atoms with Crippen molar-refractivity contribution in [3.05, 3.63) is 34.2 Å². The first kappa shape index (κ1) is 12.5. The van der Waals surface area contributed by atoms with Crippen LogP contribution in [0.5, 0.6) is 11.5 Å². The summed E-state index contributed by atoms with van der Waals surface area (Å²) in [5.74, 6) is 1.27. The van der Waals surface area contributed by atoms with Crippen LogP contribution < -0.4 is 15.1 Å². The van der Waals surface area contributed by atoms with Gasteiger partial charge >= 0.3 is 5.63 Å². The standard InChI is InChI=1S/C14H16O4/c1-4-16-12-7-10-9(3)6-14(15)18-11(10)8-13(12)17-5-2/h6-8H,4-5H2,1-3H3. The van der Waals surface area contributed by atoms with E-state index in [2.05, 4.69) is 0 Å². The van der Waals surface area contributed by atoms with Crippen molar-refractivity contribution in [2.45, 2.75) is 20.8 Å². The summed E-state index contributed by atoms with van der Waals surface area (Å²) >= 11 is 0. The van der Waals surface area contributed by atoms with E-state index in [9.17, 15) is 4.79 Å². The third kappa shape index (κ3) is 2.32. The highest BCUT2D eigenvalue weighted by Crippen LogP contribution is 2.33. The Bertz CT molecular complexity index is 613. The molecule has 96 valence electrons. The van der Waals surface area contributed by atoms with Gasteiger partial charge in [-0.2, -0.15) is 0 Å². The number of fused-ring (bicyclic) bond motifs is 1. The molecule has 0 aliphatic heterocycles. The predicted molar refractivity (Wildman–Crippen MR) is 69.6 cm³/mol. The average Bonchev–Trinajstić information content (AvgIpc) is 2.31. The topological polar surface area (TPSA) is 48.7 Å². The van der Waals surface area contributed by atoms with Crippen LogP contribution in [-0.4, -0.2) is 13.2 Å². The summed E-state index contributed by atoms with van der Waals surface area (Å²) in [5, 5.41) is 0.863. The van der Waals surface area contributed by atoms with Crippen molar-refractivity contribution in [1.29, 1.82) is 0 Å². The second-order valence-corrected chi connectivity index (χ2v) is 3.91. The molecule has 1 aromatic carbocycles. The molecule has 0 fully saturated rings. The maximum Gasteiger partial charge on any atom is 0.336 e. The van der Waals surface area contributed by atoms with Crippen LogP contribution in [0.3, 0.4) is 0 Å². The van der Waals surface area contributed by atoms with Crippen molar-refractivity contribution in [3.63, 3.8) is 0 Å². The van der Waals surface area contributed by atoms with Crippen LogP contribution >= 0.6 is 0 Å². The molecule has 4 heteroatoms. The van der Waals surface area contributed by atoms with Crippen LogP contribution in [0.2, 0.25) is 0 Å². The lowest BCUT2D eigenvalue weighted by Gasteiger charge is -2.12. The monoisotopic (exact) mass is 248 g/mol. The average molecular weight is 248 g/mol. The third-order valence-corrected chi connectivity index (χ3v) is 2.62. The largest absolute Gasteiger partial charge is 0.490 e. The fraction of sp³-hybridized carbons (Fsp3) is 0.357. The van der Waals surface area contributed by atoms with Gasteiger partial charge in [0.05, 0.1) is 13.2 Å². The number of aryl methyl sites for hydroxylation is 1. The van der Waals surface area contributed by atoms with Crippen LogP contribution in [0, 0.1) is 6.92 Å². The van der Waals surface area contributed by atoms with Gasteiger partial charge < -0.3 is 13.9 Å². The van der Waals surface area contributed by atoms with Crippen molar-refractivity contribution in [2.75, 3.05) is 13.2 Å². The summed E-state index contributed by atoms with van der Waals surface area (Å²) in [6.45, 7) is 6.77. The zero-order chi connectivity index (χ0) is 13.1. The first-order valence-electron chi connectivity index (χ1n) is 5.99. The normalized spacial score (nSPS) is 10.6. The van der Waals surface area contributed by atoms with Gasteiger partial charge in [-0.3, -0.25) is 0 Å². The van der Waals surface area contributed by atoms with Crippen LogP contribution in [0.15, 0.2) is 27.4 Å². The summed E-state index contributed by atoms with van der Waals surface area (Å²) in [7, 11) is 0. The summed E-state index contributed by atoms with van der Waals surface area (Å²) in [4.78, 5) is 11.3. The van der Waals surface area contributed by atoms with Crippen molar-refractivity contribution in [1.82, 2.24) is 0 Å². The van der Waals surface area contributed by atoms with E-state index in [0.717, 1.165) is 10.9 Å². The molecule has 18 heavy (non-hydrogen) atoms. The SMILES string of the molecule is CCOc1cc2oc(=O)cc(C)c2cc1OCC. The highest BCUT2D eigenvalue weighted by Gasteiger charge is 2.10. The lowest BCUT2D eigenvalue weighted by Crippen LogP contribution is -2.01. The van der Waals surface area contributed by atoms with Gasteiger partial charge in [0.2, 0.25) is 0 Å². The molecule has 0 amide bonds. The van der Waals surface area contributed by atoms with E-state index >= 15 is 0 Å². The maximum atomic E-state index is 11.3. The molecule has 0 aliphatic rings. The molecule has 0 unspecified atom stereocenters. The van der Waals surface area contributed by atoms with Crippen LogP contribution in [0.1, 0.15) is 19.4 Å². The van der Waals surface area contributed by atoms with Crippen molar-refractivity contribution < 1.29 is 13.9 Å². The van der Waals surface area contributed by atoms with E-state index < -0.39 is 0 Å². The Morgan fingerprint density at radius 3 is 2.28 bits per heavy atom. The van der Waals surface area contributed by atoms with Gasteiger partial charge in [0.1, 0.15) is 5.58 Å². The molecule has 0 radical (unpaired) electrons. The summed E-state index contributed by atoms with van der Waals surface area (Å²) in [6.07, 6.45) is 0. The Kier molecular flexibility index (Phi) is 3.55. The Balaban J connectivity index is 2.67. The Labute approximate surface area is 105 Å². The Hall–Kier alpha value is -1.97. The maximum absolute atomic E-state index is 11.3. The molecule has 1 aromatic heterocycles. The van der Waals surface area contributed by atoms with Gasteiger partial charge in [-0.1, -0.05) is 0 Å². The molecular formula is C14H16O4. The minimum Gasteiger partial charge on any atom is -0.490 e. The lowest BCUT2D eigenvalue weighted by atomic mass is 10.1. The lowest BCUT2D eigenvalue weighted by molar-refractivity contribution is 0.288. The fourth-order valence-electron chi connectivity index (χ4n) is 1.86. The van der Waals surface area contributed by atoms with Crippen molar-refractivity contribution in [2.24, 2.45) is 0 Å².